The van der Waals surface area contributed by atoms with Crippen molar-refractivity contribution in [3.63, 3.8) is 0 Å². The molecular formula is C39H74O7. The van der Waals surface area contributed by atoms with E-state index in [0.717, 1.165) is 46.2 Å². The van der Waals surface area contributed by atoms with Crippen LogP contribution >= 0.6 is 0 Å². The number of aliphatic hydroxyl groups is 1. The zero-order valence-electron chi connectivity index (χ0n) is 31.0. The van der Waals surface area contributed by atoms with E-state index in [2.05, 4.69) is 4.74 Å². The van der Waals surface area contributed by atoms with Gasteiger partial charge in [0.2, 0.25) is 0 Å². The molecule has 7 heteroatoms. The number of hydrogen-bond donors (Lipinski definition) is 1. The average Bonchev–Trinajstić information content (AvgIpc) is 3.58. The molecule has 8 aliphatic rings. The van der Waals surface area contributed by atoms with E-state index >= 15 is 0 Å². The molecule has 0 spiro atoms. The second kappa shape index (κ2) is 22.4. The molecule has 6 aliphatic carbocycles. The molecule has 0 amide bonds. The molecule has 0 radical (unpaired) electrons. The first-order chi connectivity index (χ1) is 22.4. The maximum absolute atomic E-state index is 9.00. The number of methoxy groups -OCH3 is 2. The highest BCUT2D eigenvalue weighted by Gasteiger charge is 2.49. The molecule has 272 valence electrons. The number of fused-ring (bicyclic) bond motifs is 10. The van der Waals surface area contributed by atoms with E-state index in [1.54, 1.807) is 91.3 Å². The fourth-order valence-electron chi connectivity index (χ4n) is 9.23. The fraction of sp³-hybridized carbons (Fsp3) is 1.00. The third kappa shape index (κ3) is 13.9. The maximum Gasteiger partial charge on any atom is 0.104 e. The SMILES string of the molecule is C1CC2C3CCC(C3)C2C1.C1CC2C3CCC(C3)C2C1.CCOC.CCOCC1CO1.CCOCC1CO1.COCC(O)C(C)C. The summed E-state index contributed by atoms with van der Waals surface area (Å²) in [6.45, 7) is 16.1. The lowest BCUT2D eigenvalue weighted by molar-refractivity contribution is 0.0356. The van der Waals surface area contributed by atoms with Crippen molar-refractivity contribution >= 4 is 0 Å². The zero-order chi connectivity index (χ0) is 33.3. The molecule has 8 rings (SSSR count). The van der Waals surface area contributed by atoms with Gasteiger partial charge < -0.3 is 33.5 Å². The topological polar surface area (TPSA) is 82.2 Å². The molecule has 7 nitrogen and oxygen atoms in total. The summed E-state index contributed by atoms with van der Waals surface area (Å²) in [5, 5.41) is 9.00. The van der Waals surface area contributed by atoms with Crippen molar-refractivity contribution in [1.82, 2.24) is 0 Å². The van der Waals surface area contributed by atoms with Crippen LogP contribution in [-0.2, 0) is 28.4 Å². The summed E-state index contributed by atoms with van der Waals surface area (Å²) < 4.78 is 29.1. The van der Waals surface area contributed by atoms with Gasteiger partial charge in [0.1, 0.15) is 12.2 Å². The smallest absolute Gasteiger partial charge is 0.104 e. The van der Waals surface area contributed by atoms with Crippen molar-refractivity contribution < 1.29 is 33.5 Å². The fourth-order valence-corrected chi connectivity index (χ4v) is 9.23. The number of hydrogen-bond acceptors (Lipinski definition) is 7. The molecule has 4 bridgehead atoms. The number of epoxide rings is 2. The van der Waals surface area contributed by atoms with Crippen molar-refractivity contribution in [2.75, 3.05) is 67.1 Å². The van der Waals surface area contributed by atoms with Gasteiger partial charge in [0.15, 0.2) is 0 Å². The van der Waals surface area contributed by atoms with Crippen molar-refractivity contribution in [2.45, 2.75) is 130 Å². The van der Waals surface area contributed by atoms with Crippen LogP contribution in [0.4, 0.5) is 0 Å². The molecule has 8 fully saturated rings. The minimum Gasteiger partial charge on any atom is -0.390 e. The van der Waals surface area contributed by atoms with E-state index < -0.39 is 0 Å². The summed E-state index contributed by atoms with van der Waals surface area (Å²) in [7, 11) is 3.27. The Balaban J connectivity index is 0.000000154. The Morgan fingerprint density at radius 1 is 0.587 bits per heavy atom. The molecule has 46 heavy (non-hydrogen) atoms. The van der Waals surface area contributed by atoms with Gasteiger partial charge in [-0.3, -0.25) is 0 Å². The average molecular weight is 655 g/mol. The quantitative estimate of drug-likeness (QED) is 0.241. The van der Waals surface area contributed by atoms with E-state index in [1.807, 2.05) is 34.6 Å². The van der Waals surface area contributed by atoms with Gasteiger partial charge >= 0.3 is 0 Å². The normalized spacial score (nSPS) is 36.7. The van der Waals surface area contributed by atoms with Crippen LogP contribution < -0.4 is 0 Å². The molecule has 11 atom stereocenters. The van der Waals surface area contributed by atoms with Gasteiger partial charge in [0.25, 0.3) is 0 Å². The van der Waals surface area contributed by atoms with Crippen LogP contribution in [0.3, 0.4) is 0 Å². The lowest BCUT2D eigenvalue weighted by Gasteiger charge is -2.23. The second-order valence-corrected chi connectivity index (χ2v) is 15.3. The summed E-state index contributed by atoms with van der Waals surface area (Å²) in [5.74, 6) is 9.90. The largest absolute Gasteiger partial charge is 0.390 e. The van der Waals surface area contributed by atoms with Gasteiger partial charge in [0.05, 0.1) is 39.1 Å². The van der Waals surface area contributed by atoms with Crippen molar-refractivity contribution in [2.24, 2.45) is 53.3 Å². The highest BCUT2D eigenvalue weighted by Crippen LogP contribution is 2.59. The minimum atomic E-state index is -0.306. The Hall–Kier alpha value is -0.280. The van der Waals surface area contributed by atoms with E-state index in [1.165, 1.54) is 47.3 Å². The Kier molecular flexibility index (Phi) is 19.6. The monoisotopic (exact) mass is 655 g/mol. The lowest BCUT2D eigenvalue weighted by Crippen LogP contribution is -2.20. The van der Waals surface area contributed by atoms with Crippen LogP contribution in [0.25, 0.3) is 0 Å². The molecule has 0 aromatic rings. The molecule has 2 heterocycles. The molecule has 2 saturated heterocycles. The Morgan fingerprint density at radius 3 is 1.15 bits per heavy atom. The van der Waals surface area contributed by atoms with Gasteiger partial charge in [-0.25, -0.2) is 0 Å². The molecule has 11 unspecified atom stereocenters. The van der Waals surface area contributed by atoms with Crippen molar-refractivity contribution in [3.8, 4) is 0 Å². The molecule has 0 aromatic carbocycles. The van der Waals surface area contributed by atoms with Crippen LogP contribution in [-0.4, -0.2) is 90.5 Å². The molecular weight excluding hydrogens is 580 g/mol. The van der Waals surface area contributed by atoms with Crippen LogP contribution in [0.5, 0.6) is 0 Å². The second-order valence-electron chi connectivity index (χ2n) is 15.3. The highest BCUT2D eigenvalue weighted by molar-refractivity contribution is 4.99. The van der Waals surface area contributed by atoms with Crippen LogP contribution in [0.1, 0.15) is 112 Å². The lowest BCUT2D eigenvalue weighted by atomic mass is 9.82. The number of ether oxygens (including phenoxy) is 6. The third-order valence-corrected chi connectivity index (χ3v) is 11.9. The van der Waals surface area contributed by atoms with Gasteiger partial charge in [-0.05, 0) is 138 Å². The predicted molar refractivity (Wildman–Crippen MR) is 186 cm³/mol. The van der Waals surface area contributed by atoms with Crippen LogP contribution in [0.2, 0.25) is 0 Å². The van der Waals surface area contributed by atoms with E-state index in [-0.39, 0.29) is 6.10 Å². The summed E-state index contributed by atoms with van der Waals surface area (Å²) in [5.41, 5.74) is 0. The summed E-state index contributed by atoms with van der Waals surface area (Å²) in [6, 6.07) is 0. The Morgan fingerprint density at radius 2 is 0.935 bits per heavy atom. The van der Waals surface area contributed by atoms with E-state index in [0.29, 0.717) is 24.7 Å². The minimum absolute atomic E-state index is 0.301. The molecule has 6 saturated carbocycles. The maximum atomic E-state index is 9.00. The first-order valence-corrected chi connectivity index (χ1v) is 19.4. The molecule has 2 aliphatic heterocycles. The summed E-state index contributed by atoms with van der Waals surface area (Å²) >= 11 is 0. The standard InChI is InChI=1S/2C10H16.C6H14O2.2C5H10O2.C3H8O/c2*1-2-9-7-4-5-8(6-7)10(9)3-1;1-5(2)6(7)4-8-3;2*1-2-6-3-5-4-7-5;1-3-4-2/h2*7-10H,1-6H2;5-7H,4H2,1-3H3;2*5H,2-4H2,1H3;3H2,1-2H3. The van der Waals surface area contributed by atoms with Crippen molar-refractivity contribution in [1.29, 1.82) is 0 Å². The van der Waals surface area contributed by atoms with E-state index in [4.69, 9.17) is 28.8 Å². The zero-order valence-corrected chi connectivity index (χ0v) is 31.0. The van der Waals surface area contributed by atoms with Gasteiger partial charge in [-0.2, -0.15) is 0 Å². The summed E-state index contributed by atoms with van der Waals surface area (Å²) in [4.78, 5) is 0. The summed E-state index contributed by atoms with van der Waals surface area (Å²) in [6.07, 6.45) is 19.6. The van der Waals surface area contributed by atoms with Gasteiger partial charge in [0, 0.05) is 34.0 Å². The van der Waals surface area contributed by atoms with Crippen LogP contribution in [0, 0.1) is 53.3 Å². The van der Waals surface area contributed by atoms with Crippen molar-refractivity contribution in [3.05, 3.63) is 0 Å². The van der Waals surface area contributed by atoms with Gasteiger partial charge in [-0.1, -0.05) is 26.7 Å². The first kappa shape index (κ1) is 40.2. The van der Waals surface area contributed by atoms with E-state index in [9.17, 15) is 0 Å². The highest BCUT2D eigenvalue weighted by atomic mass is 16.6. The van der Waals surface area contributed by atoms with Crippen LogP contribution in [0.15, 0.2) is 0 Å². The first-order valence-electron chi connectivity index (χ1n) is 19.4. The van der Waals surface area contributed by atoms with Gasteiger partial charge in [-0.15, -0.1) is 0 Å². The number of aliphatic hydroxyl groups excluding tert-OH is 1. The third-order valence-electron chi connectivity index (χ3n) is 11.9. The Labute approximate surface area is 283 Å². The number of rotatable bonds is 10. The Bertz CT molecular complexity index is 671. The predicted octanol–water partition coefficient (Wildman–Crippen LogP) is 7.81. The molecule has 0 aromatic heterocycles. The molecule has 1 N–H and O–H groups in total.